The Balaban J connectivity index is 2.80. The van der Waals surface area contributed by atoms with Gasteiger partial charge in [-0.15, -0.1) is 0 Å². The van der Waals surface area contributed by atoms with Crippen LogP contribution in [0.15, 0.2) is 24.3 Å². The van der Waals surface area contributed by atoms with E-state index in [9.17, 15) is 4.79 Å². The van der Waals surface area contributed by atoms with Crippen LogP contribution < -0.4 is 5.32 Å². The fraction of sp³-hybridized carbons (Fsp3) is 0.429. The molecule has 0 saturated heterocycles. The number of aryl methyl sites for hydroxylation is 1. The first-order valence-electron chi connectivity index (χ1n) is 5.87. The Kier molecular flexibility index (Phi) is 4.71. The highest BCUT2D eigenvalue weighted by molar-refractivity contribution is 5.78. The topological polar surface area (TPSA) is 52.9 Å². The standard InChI is InChI=1S/C14H18N2O/c1-4-11-5-7-12(8-6-11)13(9-15)16-14(17)10(2)3/h5-8,10,13H,4H2,1-3H3,(H,16,17). The van der Waals surface area contributed by atoms with Crippen molar-refractivity contribution in [3.05, 3.63) is 35.4 Å². The Morgan fingerprint density at radius 2 is 1.94 bits per heavy atom. The van der Waals surface area contributed by atoms with Crippen molar-refractivity contribution in [2.75, 3.05) is 0 Å². The first-order chi connectivity index (χ1) is 8.08. The molecule has 1 rings (SSSR count). The van der Waals surface area contributed by atoms with Crippen molar-refractivity contribution in [1.82, 2.24) is 5.32 Å². The summed E-state index contributed by atoms with van der Waals surface area (Å²) in [5, 5.41) is 11.8. The molecule has 1 N–H and O–H groups in total. The fourth-order valence-electron chi connectivity index (χ4n) is 1.44. The number of nitriles is 1. The van der Waals surface area contributed by atoms with E-state index in [1.165, 1.54) is 5.56 Å². The van der Waals surface area contributed by atoms with Crippen LogP contribution in [0, 0.1) is 17.2 Å². The van der Waals surface area contributed by atoms with E-state index in [1.54, 1.807) is 0 Å². The summed E-state index contributed by atoms with van der Waals surface area (Å²) in [5.41, 5.74) is 2.05. The lowest BCUT2D eigenvalue weighted by Crippen LogP contribution is -2.31. The predicted octanol–water partition coefficient (Wildman–Crippen LogP) is 2.59. The molecule has 0 heterocycles. The third-order valence-electron chi connectivity index (χ3n) is 2.66. The van der Waals surface area contributed by atoms with Crippen molar-refractivity contribution < 1.29 is 4.79 Å². The molecule has 1 amide bonds. The molecule has 0 aromatic heterocycles. The second-order valence-corrected chi connectivity index (χ2v) is 4.32. The summed E-state index contributed by atoms with van der Waals surface area (Å²) in [6, 6.07) is 9.32. The van der Waals surface area contributed by atoms with E-state index in [0.717, 1.165) is 12.0 Å². The first kappa shape index (κ1) is 13.2. The molecule has 0 spiro atoms. The molecule has 1 unspecified atom stereocenters. The molecule has 0 aliphatic carbocycles. The van der Waals surface area contributed by atoms with E-state index in [0.29, 0.717) is 0 Å². The van der Waals surface area contributed by atoms with Crippen molar-refractivity contribution >= 4 is 5.91 Å². The lowest BCUT2D eigenvalue weighted by atomic mass is 10.0. The van der Waals surface area contributed by atoms with Crippen LogP contribution in [0.25, 0.3) is 0 Å². The molecule has 1 aromatic carbocycles. The molecule has 0 aliphatic rings. The maximum absolute atomic E-state index is 11.5. The van der Waals surface area contributed by atoms with E-state index < -0.39 is 6.04 Å². The molecule has 0 bridgehead atoms. The normalized spacial score (nSPS) is 11.9. The highest BCUT2D eigenvalue weighted by Crippen LogP contribution is 2.14. The van der Waals surface area contributed by atoms with Crippen molar-refractivity contribution in [1.29, 1.82) is 5.26 Å². The van der Waals surface area contributed by atoms with Crippen molar-refractivity contribution in [3.63, 3.8) is 0 Å². The quantitative estimate of drug-likeness (QED) is 0.864. The maximum Gasteiger partial charge on any atom is 0.223 e. The van der Waals surface area contributed by atoms with Gasteiger partial charge in [-0.2, -0.15) is 5.26 Å². The Hall–Kier alpha value is -1.82. The molecule has 0 saturated carbocycles. The molecular formula is C14H18N2O. The van der Waals surface area contributed by atoms with E-state index >= 15 is 0 Å². The van der Waals surface area contributed by atoms with E-state index in [4.69, 9.17) is 5.26 Å². The van der Waals surface area contributed by atoms with Gasteiger partial charge in [0.15, 0.2) is 0 Å². The third kappa shape index (κ3) is 3.60. The molecule has 0 radical (unpaired) electrons. The van der Waals surface area contributed by atoms with E-state index in [2.05, 4.69) is 18.3 Å². The zero-order chi connectivity index (χ0) is 12.8. The van der Waals surface area contributed by atoms with E-state index in [1.807, 2.05) is 38.1 Å². The van der Waals surface area contributed by atoms with Gasteiger partial charge in [0.1, 0.15) is 6.04 Å². The number of carbonyl (C=O) groups excluding carboxylic acids is 1. The number of nitrogens with one attached hydrogen (secondary N) is 1. The second kappa shape index (κ2) is 6.05. The molecule has 90 valence electrons. The molecule has 0 aliphatic heterocycles. The van der Waals surface area contributed by atoms with Crippen LogP contribution in [-0.4, -0.2) is 5.91 Å². The lowest BCUT2D eigenvalue weighted by molar-refractivity contribution is -0.124. The SMILES string of the molecule is CCc1ccc(C(C#N)NC(=O)C(C)C)cc1. The molecule has 0 fully saturated rings. The van der Waals surface area contributed by atoms with Gasteiger partial charge in [-0.3, -0.25) is 4.79 Å². The number of hydrogen-bond acceptors (Lipinski definition) is 2. The van der Waals surface area contributed by atoms with Crippen LogP contribution in [0.1, 0.15) is 37.9 Å². The number of benzene rings is 1. The van der Waals surface area contributed by atoms with Gasteiger partial charge in [-0.1, -0.05) is 45.0 Å². The van der Waals surface area contributed by atoms with E-state index in [-0.39, 0.29) is 11.8 Å². The minimum Gasteiger partial charge on any atom is -0.336 e. The van der Waals surface area contributed by atoms with Crippen LogP contribution in [-0.2, 0) is 11.2 Å². The zero-order valence-electron chi connectivity index (χ0n) is 10.5. The number of rotatable bonds is 4. The Labute approximate surface area is 102 Å². The first-order valence-corrected chi connectivity index (χ1v) is 5.87. The Morgan fingerprint density at radius 1 is 1.35 bits per heavy atom. The molecule has 3 heteroatoms. The van der Waals surface area contributed by atoms with Crippen LogP contribution in [0.4, 0.5) is 0 Å². The predicted molar refractivity (Wildman–Crippen MR) is 67.2 cm³/mol. The smallest absolute Gasteiger partial charge is 0.223 e. The average molecular weight is 230 g/mol. The van der Waals surface area contributed by atoms with Gasteiger partial charge in [0.2, 0.25) is 5.91 Å². The monoisotopic (exact) mass is 230 g/mol. The largest absolute Gasteiger partial charge is 0.336 e. The molecule has 1 atom stereocenters. The minimum atomic E-state index is -0.559. The molecular weight excluding hydrogens is 212 g/mol. The zero-order valence-corrected chi connectivity index (χ0v) is 10.5. The van der Waals surface area contributed by atoms with Crippen molar-refractivity contribution in [2.24, 2.45) is 5.92 Å². The number of amides is 1. The molecule has 3 nitrogen and oxygen atoms in total. The Morgan fingerprint density at radius 3 is 2.35 bits per heavy atom. The van der Waals surface area contributed by atoms with Gasteiger partial charge in [0.05, 0.1) is 6.07 Å². The number of carbonyl (C=O) groups is 1. The van der Waals surface area contributed by atoms with Gasteiger partial charge in [-0.25, -0.2) is 0 Å². The summed E-state index contributed by atoms with van der Waals surface area (Å²) in [4.78, 5) is 11.5. The Bertz CT molecular complexity index is 415. The maximum atomic E-state index is 11.5. The summed E-state index contributed by atoms with van der Waals surface area (Å²) in [6.45, 7) is 5.70. The highest BCUT2D eigenvalue weighted by Gasteiger charge is 2.15. The van der Waals surface area contributed by atoms with Crippen molar-refractivity contribution in [2.45, 2.75) is 33.2 Å². The second-order valence-electron chi connectivity index (χ2n) is 4.32. The van der Waals surface area contributed by atoms with Gasteiger partial charge in [0, 0.05) is 5.92 Å². The van der Waals surface area contributed by atoms with Crippen LogP contribution in [0.5, 0.6) is 0 Å². The summed E-state index contributed by atoms with van der Waals surface area (Å²) in [5.74, 6) is -0.211. The molecule has 17 heavy (non-hydrogen) atoms. The third-order valence-corrected chi connectivity index (χ3v) is 2.66. The molecule has 1 aromatic rings. The van der Waals surface area contributed by atoms with Gasteiger partial charge < -0.3 is 5.32 Å². The summed E-state index contributed by atoms with van der Waals surface area (Å²) >= 11 is 0. The highest BCUT2D eigenvalue weighted by atomic mass is 16.1. The number of hydrogen-bond donors (Lipinski definition) is 1. The minimum absolute atomic E-state index is 0.101. The van der Waals surface area contributed by atoms with Crippen molar-refractivity contribution in [3.8, 4) is 6.07 Å². The fourth-order valence-corrected chi connectivity index (χ4v) is 1.44. The average Bonchev–Trinajstić information content (AvgIpc) is 2.35. The lowest BCUT2D eigenvalue weighted by Gasteiger charge is -2.14. The summed E-state index contributed by atoms with van der Waals surface area (Å²) in [6.07, 6.45) is 0.968. The summed E-state index contributed by atoms with van der Waals surface area (Å²) < 4.78 is 0. The van der Waals surface area contributed by atoms with Crippen LogP contribution in [0.2, 0.25) is 0 Å². The van der Waals surface area contributed by atoms with Gasteiger partial charge in [0.25, 0.3) is 0 Å². The summed E-state index contributed by atoms with van der Waals surface area (Å²) in [7, 11) is 0. The van der Waals surface area contributed by atoms with Crippen LogP contribution in [0.3, 0.4) is 0 Å². The van der Waals surface area contributed by atoms with Gasteiger partial charge in [-0.05, 0) is 17.5 Å². The van der Waals surface area contributed by atoms with Crippen LogP contribution >= 0.6 is 0 Å². The van der Waals surface area contributed by atoms with Gasteiger partial charge >= 0.3 is 0 Å². The number of nitrogens with zero attached hydrogens (tertiary/aromatic N) is 1.